The first kappa shape index (κ1) is 26.3. The van der Waals surface area contributed by atoms with Crippen LogP contribution in [0.25, 0.3) is 0 Å². The summed E-state index contributed by atoms with van der Waals surface area (Å²) in [6.07, 6.45) is -0.393. The molecule has 0 saturated carbocycles. The van der Waals surface area contributed by atoms with Crippen molar-refractivity contribution >= 4 is 58.5 Å². The standard InChI is InChI=1S/C20H27Cl3N2O5/c1-12(2)10-15(17(27)29-11-20(21,22)23)24-16(26)13-8-6-7-9-14(13)25-18(28)30-19(3,4)5/h6-9,12,15H,10-11H2,1-5H3,(H,24,26)(H,25,28)/t15-/m0/s1. The Bertz CT molecular complexity index is 758. The minimum Gasteiger partial charge on any atom is -0.460 e. The number of halogens is 3. The number of benzene rings is 1. The minimum atomic E-state index is -1.76. The molecule has 0 spiro atoms. The number of ether oxygens (including phenoxy) is 2. The number of hydrogen-bond donors (Lipinski definition) is 2. The number of esters is 1. The molecule has 1 atom stereocenters. The van der Waals surface area contributed by atoms with Gasteiger partial charge in [0.1, 0.15) is 18.2 Å². The summed E-state index contributed by atoms with van der Waals surface area (Å²) in [6, 6.07) is 5.40. The van der Waals surface area contributed by atoms with E-state index in [0.717, 1.165) is 0 Å². The van der Waals surface area contributed by atoms with E-state index in [1.807, 2.05) is 13.8 Å². The van der Waals surface area contributed by atoms with Gasteiger partial charge < -0.3 is 14.8 Å². The third kappa shape index (κ3) is 10.4. The number of amides is 2. The monoisotopic (exact) mass is 480 g/mol. The molecule has 2 amide bonds. The Morgan fingerprint density at radius 2 is 1.67 bits per heavy atom. The lowest BCUT2D eigenvalue weighted by Crippen LogP contribution is -2.43. The van der Waals surface area contributed by atoms with Gasteiger partial charge in [-0.2, -0.15) is 0 Å². The molecule has 0 heterocycles. The zero-order valence-corrected chi connectivity index (χ0v) is 19.8. The molecule has 0 aliphatic carbocycles. The molecule has 0 saturated heterocycles. The van der Waals surface area contributed by atoms with Crippen LogP contribution in [0.1, 0.15) is 51.4 Å². The molecule has 1 rings (SSSR count). The quantitative estimate of drug-likeness (QED) is 0.418. The molecule has 2 N–H and O–H groups in total. The summed E-state index contributed by atoms with van der Waals surface area (Å²) in [5.74, 6) is -1.22. The number of hydrogen-bond acceptors (Lipinski definition) is 5. The van der Waals surface area contributed by atoms with Crippen LogP contribution >= 0.6 is 34.8 Å². The lowest BCUT2D eigenvalue weighted by molar-refractivity contribution is -0.146. The molecule has 0 aliphatic rings. The average Bonchev–Trinajstić information content (AvgIpc) is 2.56. The van der Waals surface area contributed by atoms with Crippen molar-refractivity contribution in [3.63, 3.8) is 0 Å². The highest BCUT2D eigenvalue weighted by Crippen LogP contribution is 2.26. The van der Waals surface area contributed by atoms with Gasteiger partial charge in [-0.15, -0.1) is 0 Å². The molecular formula is C20H27Cl3N2O5. The molecule has 0 unspecified atom stereocenters. The van der Waals surface area contributed by atoms with Crippen LogP contribution in [0.5, 0.6) is 0 Å². The highest BCUT2D eigenvalue weighted by Gasteiger charge is 2.29. The van der Waals surface area contributed by atoms with E-state index in [9.17, 15) is 14.4 Å². The minimum absolute atomic E-state index is 0.0748. The molecule has 0 aliphatic heterocycles. The van der Waals surface area contributed by atoms with Crippen LogP contribution in [0.3, 0.4) is 0 Å². The topological polar surface area (TPSA) is 93.7 Å². The van der Waals surface area contributed by atoms with Crippen LogP contribution < -0.4 is 10.6 Å². The summed E-state index contributed by atoms with van der Waals surface area (Å²) in [5.41, 5.74) is -0.302. The van der Waals surface area contributed by atoms with Gasteiger partial charge in [0.25, 0.3) is 5.91 Å². The van der Waals surface area contributed by atoms with Crippen molar-refractivity contribution in [1.29, 1.82) is 0 Å². The fourth-order valence-corrected chi connectivity index (χ4v) is 2.54. The highest BCUT2D eigenvalue weighted by atomic mass is 35.6. The molecular weight excluding hydrogens is 455 g/mol. The van der Waals surface area contributed by atoms with Crippen LogP contribution in [-0.4, -0.2) is 40.0 Å². The zero-order chi connectivity index (χ0) is 23.1. The zero-order valence-electron chi connectivity index (χ0n) is 17.6. The largest absolute Gasteiger partial charge is 0.460 e. The number of carbonyl (C=O) groups is 3. The summed E-state index contributed by atoms with van der Waals surface area (Å²) in [4.78, 5) is 37.3. The molecule has 0 bridgehead atoms. The maximum Gasteiger partial charge on any atom is 0.412 e. The van der Waals surface area contributed by atoms with Gasteiger partial charge in [-0.05, 0) is 45.2 Å². The Balaban J connectivity index is 2.96. The van der Waals surface area contributed by atoms with Crippen molar-refractivity contribution in [3.8, 4) is 0 Å². The van der Waals surface area contributed by atoms with E-state index in [-0.39, 0.29) is 17.2 Å². The van der Waals surface area contributed by atoms with Gasteiger partial charge >= 0.3 is 12.1 Å². The van der Waals surface area contributed by atoms with Crippen LogP contribution in [0.4, 0.5) is 10.5 Å². The molecule has 10 heteroatoms. The predicted molar refractivity (Wildman–Crippen MR) is 118 cm³/mol. The van der Waals surface area contributed by atoms with Crippen LogP contribution in [-0.2, 0) is 14.3 Å². The molecule has 1 aromatic carbocycles. The second kappa shape index (κ2) is 11.1. The summed E-state index contributed by atoms with van der Waals surface area (Å²) in [7, 11) is 0. The number of para-hydroxylation sites is 1. The Morgan fingerprint density at radius 3 is 2.20 bits per heavy atom. The fourth-order valence-electron chi connectivity index (χ4n) is 2.38. The van der Waals surface area contributed by atoms with Gasteiger partial charge in [-0.25, -0.2) is 9.59 Å². The molecule has 0 aromatic heterocycles. The van der Waals surface area contributed by atoms with E-state index in [4.69, 9.17) is 44.3 Å². The summed E-state index contributed by atoms with van der Waals surface area (Å²) < 4.78 is 8.48. The summed E-state index contributed by atoms with van der Waals surface area (Å²) >= 11 is 16.9. The third-order valence-corrected chi connectivity index (χ3v) is 3.81. The first-order valence-corrected chi connectivity index (χ1v) is 10.4. The number of nitrogens with one attached hydrogen (secondary N) is 2. The van der Waals surface area contributed by atoms with Crippen molar-refractivity contribution in [2.75, 3.05) is 11.9 Å². The van der Waals surface area contributed by atoms with Gasteiger partial charge in [0.15, 0.2) is 0 Å². The molecule has 0 radical (unpaired) electrons. The van der Waals surface area contributed by atoms with E-state index < -0.39 is 40.0 Å². The normalized spacial score (nSPS) is 12.8. The van der Waals surface area contributed by atoms with Crippen molar-refractivity contribution in [3.05, 3.63) is 29.8 Å². The number of alkyl halides is 3. The number of carbonyl (C=O) groups excluding carboxylic acids is 3. The second-order valence-corrected chi connectivity index (χ2v) is 10.6. The van der Waals surface area contributed by atoms with Crippen molar-refractivity contribution in [2.24, 2.45) is 5.92 Å². The summed E-state index contributed by atoms with van der Waals surface area (Å²) in [5, 5.41) is 5.17. The van der Waals surface area contributed by atoms with Gasteiger partial charge in [-0.1, -0.05) is 60.8 Å². The number of anilines is 1. The van der Waals surface area contributed by atoms with E-state index in [0.29, 0.717) is 6.42 Å². The van der Waals surface area contributed by atoms with E-state index >= 15 is 0 Å². The van der Waals surface area contributed by atoms with Gasteiger partial charge in [0.05, 0.1) is 11.3 Å². The Labute approximate surface area is 191 Å². The molecule has 0 fully saturated rings. The van der Waals surface area contributed by atoms with Gasteiger partial charge in [0, 0.05) is 0 Å². The Kier molecular flexibility index (Phi) is 9.72. The van der Waals surface area contributed by atoms with Gasteiger partial charge in [0.2, 0.25) is 3.79 Å². The van der Waals surface area contributed by atoms with Crippen LogP contribution in [0.2, 0.25) is 0 Å². The van der Waals surface area contributed by atoms with Crippen molar-refractivity contribution in [1.82, 2.24) is 5.32 Å². The fraction of sp³-hybridized carbons (Fsp3) is 0.550. The second-order valence-electron chi connectivity index (χ2n) is 8.05. The Hall–Kier alpha value is -1.70. The highest BCUT2D eigenvalue weighted by molar-refractivity contribution is 6.67. The maximum absolute atomic E-state index is 12.8. The first-order chi connectivity index (χ1) is 13.7. The first-order valence-electron chi connectivity index (χ1n) is 9.31. The molecule has 7 nitrogen and oxygen atoms in total. The van der Waals surface area contributed by atoms with E-state index in [1.165, 1.54) is 6.07 Å². The van der Waals surface area contributed by atoms with Crippen LogP contribution in [0, 0.1) is 5.92 Å². The molecule has 30 heavy (non-hydrogen) atoms. The smallest absolute Gasteiger partial charge is 0.412 e. The lowest BCUT2D eigenvalue weighted by atomic mass is 10.0. The maximum atomic E-state index is 12.8. The Morgan fingerprint density at radius 1 is 1.07 bits per heavy atom. The van der Waals surface area contributed by atoms with Crippen molar-refractivity contribution < 1.29 is 23.9 Å². The van der Waals surface area contributed by atoms with E-state index in [2.05, 4.69) is 10.6 Å². The lowest BCUT2D eigenvalue weighted by Gasteiger charge is -2.22. The predicted octanol–water partition coefficient (Wildman–Crippen LogP) is 5.09. The van der Waals surface area contributed by atoms with Crippen molar-refractivity contribution in [2.45, 2.75) is 56.5 Å². The number of rotatable bonds is 7. The average molecular weight is 482 g/mol. The summed E-state index contributed by atoms with van der Waals surface area (Å²) in [6.45, 7) is 8.51. The third-order valence-electron chi connectivity index (χ3n) is 3.48. The molecule has 168 valence electrons. The molecule has 1 aromatic rings. The van der Waals surface area contributed by atoms with Gasteiger partial charge in [-0.3, -0.25) is 10.1 Å². The SMILES string of the molecule is CC(C)C[C@H](NC(=O)c1ccccc1NC(=O)OC(C)(C)C)C(=O)OCC(Cl)(Cl)Cl. The van der Waals surface area contributed by atoms with Crippen LogP contribution in [0.15, 0.2) is 24.3 Å². The van der Waals surface area contributed by atoms with E-state index in [1.54, 1.807) is 39.0 Å².